The SMILES string of the molecule is O=C(CCc1cnoc1-c1ccc(F)cc1)N1CCC(O)(c2ccccc2)CC1. The Morgan fingerprint density at radius 2 is 1.79 bits per heavy atom. The summed E-state index contributed by atoms with van der Waals surface area (Å²) in [6.45, 7) is 1.05. The Hall–Kier alpha value is -2.99. The van der Waals surface area contributed by atoms with E-state index in [0.29, 0.717) is 44.5 Å². The van der Waals surface area contributed by atoms with Crippen LogP contribution in [0, 0.1) is 5.82 Å². The Balaban J connectivity index is 1.35. The van der Waals surface area contributed by atoms with Crippen LogP contribution in [0.3, 0.4) is 0 Å². The molecule has 0 atom stereocenters. The van der Waals surface area contributed by atoms with Crippen LogP contribution in [0.2, 0.25) is 0 Å². The molecule has 2 heterocycles. The highest BCUT2D eigenvalue weighted by molar-refractivity contribution is 5.77. The van der Waals surface area contributed by atoms with E-state index >= 15 is 0 Å². The number of hydrogen-bond acceptors (Lipinski definition) is 4. The summed E-state index contributed by atoms with van der Waals surface area (Å²) < 4.78 is 18.5. The van der Waals surface area contributed by atoms with Crippen LogP contribution >= 0.6 is 0 Å². The van der Waals surface area contributed by atoms with E-state index in [0.717, 1.165) is 16.7 Å². The van der Waals surface area contributed by atoms with Gasteiger partial charge >= 0.3 is 0 Å². The molecule has 1 N–H and O–H groups in total. The first-order chi connectivity index (χ1) is 14.0. The number of hydrogen-bond donors (Lipinski definition) is 1. The number of rotatable bonds is 5. The Morgan fingerprint density at radius 3 is 2.48 bits per heavy atom. The summed E-state index contributed by atoms with van der Waals surface area (Å²) in [5.41, 5.74) is 1.59. The van der Waals surface area contributed by atoms with Crippen molar-refractivity contribution in [3.63, 3.8) is 0 Å². The lowest BCUT2D eigenvalue weighted by Crippen LogP contribution is -2.45. The molecule has 0 bridgehead atoms. The van der Waals surface area contributed by atoms with Crippen LogP contribution in [-0.2, 0) is 16.8 Å². The molecule has 0 saturated carbocycles. The van der Waals surface area contributed by atoms with Gasteiger partial charge in [-0.05, 0) is 49.1 Å². The van der Waals surface area contributed by atoms with Crippen LogP contribution < -0.4 is 0 Å². The summed E-state index contributed by atoms with van der Waals surface area (Å²) in [4.78, 5) is 14.5. The van der Waals surface area contributed by atoms with Gasteiger partial charge in [-0.3, -0.25) is 4.79 Å². The van der Waals surface area contributed by atoms with Gasteiger partial charge in [-0.15, -0.1) is 0 Å². The number of aromatic nitrogens is 1. The van der Waals surface area contributed by atoms with Crippen molar-refractivity contribution in [2.75, 3.05) is 13.1 Å². The van der Waals surface area contributed by atoms with Gasteiger partial charge in [0.25, 0.3) is 0 Å². The van der Waals surface area contributed by atoms with Gasteiger partial charge in [0.2, 0.25) is 5.91 Å². The minimum absolute atomic E-state index is 0.0476. The molecule has 1 saturated heterocycles. The van der Waals surface area contributed by atoms with Gasteiger partial charge in [-0.1, -0.05) is 35.5 Å². The molecule has 0 aliphatic carbocycles. The maximum absolute atomic E-state index is 13.1. The lowest BCUT2D eigenvalue weighted by atomic mass is 9.84. The van der Waals surface area contributed by atoms with Crippen molar-refractivity contribution < 1.29 is 18.8 Å². The Kier molecular flexibility index (Phi) is 5.45. The monoisotopic (exact) mass is 394 g/mol. The first-order valence-corrected chi connectivity index (χ1v) is 9.80. The minimum Gasteiger partial charge on any atom is -0.385 e. The molecule has 1 amide bonds. The summed E-state index contributed by atoms with van der Waals surface area (Å²) in [5, 5.41) is 14.8. The van der Waals surface area contributed by atoms with Gasteiger partial charge in [0, 0.05) is 30.6 Å². The van der Waals surface area contributed by atoms with E-state index in [2.05, 4.69) is 5.16 Å². The molecular formula is C23H23FN2O3. The zero-order valence-electron chi connectivity index (χ0n) is 16.1. The molecule has 1 aliphatic rings. The molecule has 0 radical (unpaired) electrons. The number of aliphatic hydroxyl groups is 1. The van der Waals surface area contributed by atoms with E-state index in [1.165, 1.54) is 12.1 Å². The Bertz CT molecular complexity index is 961. The molecular weight excluding hydrogens is 371 g/mol. The lowest BCUT2D eigenvalue weighted by molar-refractivity contribution is -0.135. The average molecular weight is 394 g/mol. The topological polar surface area (TPSA) is 66.6 Å². The van der Waals surface area contributed by atoms with Crippen LogP contribution in [0.1, 0.15) is 30.4 Å². The summed E-state index contributed by atoms with van der Waals surface area (Å²) in [7, 11) is 0. The maximum Gasteiger partial charge on any atom is 0.222 e. The fraction of sp³-hybridized carbons (Fsp3) is 0.304. The fourth-order valence-corrected chi connectivity index (χ4v) is 3.84. The second-order valence-electron chi connectivity index (χ2n) is 7.47. The Morgan fingerprint density at radius 1 is 1.10 bits per heavy atom. The van der Waals surface area contributed by atoms with Crippen molar-refractivity contribution in [3.8, 4) is 11.3 Å². The highest BCUT2D eigenvalue weighted by Gasteiger charge is 2.35. The highest BCUT2D eigenvalue weighted by atomic mass is 19.1. The third-order valence-corrected chi connectivity index (χ3v) is 5.61. The quantitative estimate of drug-likeness (QED) is 0.712. The summed E-state index contributed by atoms with van der Waals surface area (Å²) in [6.07, 6.45) is 3.48. The number of halogens is 1. The van der Waals surface area contributed by atoms with Crippen LogP contribution in [-0.4, -0.2) is 34.2 Å². The average Bonchev–Trinajstić information content (AvgIpc) is 3.22. The number of aryl methyl sites for hydroxylation is 1. The van der Waals surface area contributed by atoms with E-state index in [-0.39, 0.29) is 11.7 Å². The van der Waals surface area contributed by atoms with Gasteiger partial charge in [-0.2, -0.15) is 0 Å². The molecule has 29 heavy (non-hydrogen) atoms. The standard InChI is InChI=1S/C23H23FN2O3/c24-20-9-6-17(7-10-20)22-18(16-25-29-22)8-11-21(27)26-14-12-23(28,13-15-26)19-4-2-1-3-5-19/h1-7,9-10,16,28H,8,11-15H2. The first kappa shape index (κ1) is 19.3. The predicted octanol–water partition coefficient (Wildman–Crippen LogP) is 3.92. The Labute approximate surface area is 168 Å². The third kappa shape index (κ3) is 4.22. The van der Waals surface area contributed by atoms with Gasteiger partial charge < -0.3 is 14.5 Å². The number of amides is 1. The smallest absolute Gasteiger partial charge is 0.222 e. The fourth-order valence-electron chi connectivity index (χ4n) is 3.84. The zero-order chi connectivity index (χ0) is 20.3. The van der Waals surface area contributed by atoms with Crippen LogP contribution in [0.5, 0.6) is 0 Å². The largest absolute Gasteiger partial charge is 0.385 e. The minimum atomic E-state index is -0.873. The molecule has 1 aliphatic heterocycles. The summed E-state index contributed by atoms with van der Waals surface area (Å²) in [6, 6.07) is 15.6. The van der Waals surface area contributed by atoms with Gasteiger partial charge in [0.15, 0.2) is 5.76 Å². The second kappa shape index (κ2) is 8.17. The number of likely N-dealkylation sites (tertiary alicyclic amines) is 1. The van der Waals surface area contributed by atoms with Gasteiger partial charge in [0.05, 0.1) is 11.8 Å². The van der Waals surface area contributed by atoms with E-state index in [9.17, 15) is 14.3 Å². The van der Waals surface area contributed by atoms with Gasteiger partial charge in [0.1, 0.15) is 5.82 Å². The molecule has 3 aromatic rings. The third-order valence-electron chi connectivity index (χ3n) is 5.61. The van der Waals surface area contributed by atoms with E-state index in [1.807, 2.05) is 35.2 Å². The molecule has 6 heteroatoms. The normalized spacial score (nSPS) is 16.0. The van der Waals surface area contributed by atoms with Crippen molar-refractivity contribution in [1.29, 1.82) is 0 Å². The van der Waals surface area contributed by atoms with Crippen molar-refractivity contribution >= 4 is 5.91 Å². The van der Waals surface area contributed by atoms with E-state index in [4.69, 9.17) is 4.52 Å². The lowest BCUT2D eigenvalue weighted by Gasteiger charge is -2.38. The molecule has 1 fully saturated rings. The van der Waals surface area contributed by atoms with E-state index in [1.54, 1.807) is 18.3 Å². The number of benzene rings is 2. The summed E-state index contributed by atoms with van der Waals surface area (Å²) in [5.74, 6) is 0.298. The van der Waals surface area contributed by atoms with Crippen LogP contribution in [0.25, 0.3) is 11.3 Å². The molecule has 0 spiro atoms. The van der Waals surface area contributed by atoms with Crippen molar-refractivity contribution in [1.82, 2.24) is 10.1 Å². The molecule has 4 rings (SSSR count). The number of carbonyl (C=O) groups excluding carboxylic acids is 1. The number of piperidine rings is 1. The first-order valence-electron chi connectivity index (χ1n) is 9.80. The van der Waals surface area contributed by atoms with Crippen molar-refractivity contribution in [3.05, 3.63) is 77.7 Å². The van der Waals surface area contributed by atoms with Crippen LogP contribution in [0.4, 0.5) is 4.39 Å². The number of nitrogens with zero attached hydrogens (tertiary/aromatic N) is 2. The molecule has 0 unspecified atom stereocenters. The van der Waals surface area contributed by atoms with Crippen molar-refractivity contribution in [2.45, 2.75) is 31.3 Å². The zero-order valence-corrected chi connectivity index (χ0v) is 16.1. The van der Waals surface area contributed by atoms with Crippen molar-refractivity contribution in [2.24, 2.45) is 0 Å². The second-order valence-corrected chi connectivity index (χ2v) is 7.47. The molecule has 150 valence electrons. The molecule has 1 aromatic heterocycles. The maximum atomic E-state index is 13.1. The molecule has 5 nitrogen and oxygen atoms in total. The summed E-state index contributed by atoms with van der Waals surface area (Å²) >= 11 is 0. The van der Waals surface area contributed by atoms with Crippen LogP contribution in [0.15, 0.2) is 65.3 Å². The predicted molar refractivity (Wildman–Crippen MR) is 106 cm³/mol. The molecule has 2 aromatic carbocycles. The highest BCUT2D eigenvalue weighted by Crippen LogP contribution is 2.33. The van der Waals surface area contributed by atoms with E-state index < -0.39 is 5.60 Å². The van der Waals surface area contributed by atoms with Gasteiger partial charge in [-0.25, -0.2) is 4.39 Å². The number of carbonyl (C=O) groups is 1.